The molecule has 0 amide bonds. The summed E-state index contributed by atoms with van der Waals surface area (Å²) in [5.74, 6) is 0.134. The number of carbonyl (C=O) groups is 1. The van der Waals surface area contributed by atoms with Crippen molar-refractivity contribution in [2.24, 2.45) is 0 Å². The molecule has 0 saturated carbocycles. The molecule has 0 aliphatic heterocycles. The Bertz CT molecular complexity index is 611. The summed E-state index contributed by atoms with van der Waals surface area (Å²) in [7, 11) is 1.67. The van der Waals surface area contributed by atoms with Crippen molar-refractivity contribution in [3.8, 4) is 5.75 Å². The van der Waals surface area contributed by atoms with Crippen LogP contribution in [0.4, 0.5) is 0 Å². The van der Waals surface area contributed by atoms with Crippen LogP contribution < -0.4 is 4.74 Å². The highest BCUT2D eigenvalue weighted by Crippen LogP contribution is 2.15. The maximum Gasteiger partial charge on any atom is 0.303 e. The number of hydrogen-bond acceptors (Lipinski definition) is 3. The monoisotopic (exact) mass is 327 g/mol. The van der Waals surface area contributed by atoms with E-state index in [1.54, 1.807) is 7.11 Å². The van der Waals surface area contributed by atoms with Crippen molar-refractivity contribution in [3.05, 3.63) is 65.7 Å². The molecule has 0 atom stereocenters. The van der Waals surface area contributed by atoms with E-state index in [2.05, 4.69) is 29.2 Å². The molecule has 0 heterocycles. The number of nitrogens with zero attached hydrogens (tertiary/aromatic N) is 1. The van der Waals surface area contributed by atoms with Crippen LogP contribution in [0.1, 0.15) is 30.4 Å². The van der Waals surface area contributed by atoms with E-state index in [1.165, 1.54) is 11.1 Å². The van der Waals surface area contributed by atoms with Crippen LogP contribution in [0.3, 0.4) is 0 Å². The molecule has 0 aliphatic carbocycles. The molecule has 0 fully saturated rings. The average molecular weight is 327 g/mol. The normalized spacial score (nSPS) is 10.8. The first kappa shape index (κ1) is 18.0. The molecule has 0 radical (unpaired) electrons. The van der Waals surface area contributed by atoms with Crippen LogP contribution in [0.2, 0.25) is 0 Å². The number of carboxylic acid groups (broad SMARTS) is 1. The second-order valence-corrected chi connectivity index (χ2v) is 5.90. The van der Waals surface area contributed by atoms with E-state index in [4.69, 9.17) is 9.84 Å². The van der Waals surface area contributed by atoms with E-state index in [-0.39, 0.29) is 6.42 Å². The lowest BCUT2D eigenvalue weighted by Gasteiger charge is -2.22. The largest absolute Gasteiger partial charge is 0.497 e. The molecular formula is C20H25NO3. The summed E-state index contributed by atoms with van der Waals surface area (Å²) in [6, 6.07) is 18.5. The average Bonchev–Trinajstić information content (AvgIpc) is 2.60. The lowest BCUT2D eigenvalue weighted by atomic mass is 10.1. The van der Waals surface area contributed by atoms with Gasteiger partial charge in [0.25, 0.3) is 0 Å². The van der Waals surface area contributed by atoms with Crippen molar-refractivity contribution >= 4 is 5.97 Å². The number of hydrogen-bond donors (Lipinski definition) is 1. The van der Waals surface area contributed by atoms with Crippen LogP contribution in [0.25, 0.3) is 0 Å². The van der Waals surface area contributed by atoms with Crippen molar-refractivity contribution < 1.29 is 14.6 Å². The molecule has 24 heavy (non-hydrogen) atoms. The number of benzene rings is 2. The standard InChI is InChI=1S/C20H25NO3/c1-24-19-12-10-18(11-13-19)16-21(14-6-5-9-20(22)23)15-17-7-3-2-4-8-17/h2-4,7-8,10-13H,5-6,9,14-16H2,1H3,(H,22,23). The minimum Gasteiger partial charge on any atom is -0.497 e. The molecule has 2 aromatic carbocycles. The fraction of sp³-hybridized carbons (Fsp3) is 0.350. The third kappa shape index (κ3) is 6.42. The summed E-state index contributed by atoms with van der Waals surface area (Å²) in [6.07, 6.45) is 1.83. The van der Waals surface area contributed by atoms with Crippen molar-refractivity contribution in [3.63, 3.8) is 0 Å². The summed E-state index contributed by atoms with van der Waals surface area (Å²) in [5.41, 5.74) is 2.49. The number of rotatable bonds is 10. The first-order valence-electron chi connectivity index (χ1n) is 8.28. The maximum absolute atomic E-state index is 10.7. The Labute approximate surface area is 143 Å². The van der Waals surface area contributed by atoms with Gasteiger partial charge >= 0.3 is 5.97 Å². The van der Waals surface area contributed by atoms with Crippen LogP contribution in [0.15, 0.2) is 54.6 Å². The molecular weight excluding hydrogens is 302 g/mol. The van der Waals surface area contributed by atoms with Crippen molar-refractivity contribution in [1.82, 2.24) is 4.90 Å². The number of methoxy groups -OCH3 is 1. The van der Waals surface area contributed by atoms with E-state index in [0.29, 0.717) is 6.42 Å². The van der Waals surface area contributed by atoms with Crippen LogP contribution in [-0.4, -0.2) is 29.6 Å². The van der Waals surface area contributed by atoms with Gasteiger partial charge in [0, 0.05) is 19.5 Å². The fourth-order valence-corrected chi connectivity index (χ4v) is 2.66. The molecule has 0 bridgehead atoms. The molecule has 1 N–H and O–H groups in total. The van der Waals surface area contributed by atoms with Gasteiger partial charge in [-0.25, -0.2) is 0 Å². The Hall–Kier alpha value is -2.33. The summed E-state index contributed by atoms with van der Waals surface area (Å²) in [4.78, 5) is 13.0. The molecule has 0 saturated heterocycles. The van der Waals surface area contributed by atoms with E-state index in [1.807, 2.05) is 30.3 Å². The van der Waals surface area contributed by atoms with Crippen molar-refractivity contribution in [1.29, 1.82) is 0 Å². The summed E-state index contributed by atoms with van der Waals surface area (Å²) in [5, 5.41) is 8.77. The van der Waals surface area contributed by atoms with Crippen LogP contribution in [-0.2, 0) is 17.9 Å². The predicted octanol–water partition coefficient (Wildman–Crippen LogP) is 3.95. The van der Waals surface area contributed by atoms with E-state index in [9.17, 15) is 4.79 Å². The van der Waals surface area contributed by atoms with Crippen molar-refractivity contribution in [2.45, 2.75) is 32.4 Å². The first-order valence-corrected chi connectivity index (χ1v) is 8.28. The second kappa shape index (κ2) is 9.73. The van der Waals surface area contributed by atoms with E-state index in [0.717, 1.165) is 31.8 Å². The Morgan fingerprint density at radius 3 is 2.17 bits per heavy atom. The predicted molar refractivity (Wildman–Crippen MR) is 95.0 cm³/mol. The third-order valence-electron chi connectivity index (χ3n) is 3.93. The fourth-order valence-electron chi connectivity index (χ4n) is 2.66. The number of ether oxygens (including phenoxy) is 1. The van der Waals surface area contributed by atoms with Gasteiger partial charge in [-0.3, -0.25) is 9.69 Å². The highest BCUT2D eigenvalue weighted by Gasteiger charge is 2.08. The quantitative estimate of drug-likeness (QED) is 0.671. The molecule has 0 aromatic heterocycles. The minimum atomic E-state index is -0.722. The first-order chi connectivity index (χ1) is 11.7. The van der Waals surface area contributed by atoms with E-state index < -0.39 is 5.97 Å². The molecule has 4 nitrogen and oxygen atoms in total. The zero-order valence-electron chi connectivity index (χ0n) is 14.1. The van der Waals surface area contributed by atoms with Gasteiger partial charge in [-0.15, -0.1) is 0 Å². The van der Waals surface area contributed by atoms with E-state index >= 15 is 0 Å². The molecule has 128 valence electrons. The van der Waals surface area contributed by atoms with Gasteiger partial charge in [-0.2, -0.15) is 0 Å². The molecule has 2 aromatic rings. The number of aliphatic carboxylic acids is 1. The third-order valence-corrected chi connectivity index (χ3v) is 3.93. The molecule has 0 spiro atoms. The Balaban J connectivity index is 1.96. The Morgan fingerprint density at radius 1 is 0.958 bits per heavy atom. The number of carboxylic acids is 1. The second-order valence-electron chi connectivity index (χ2n) is 5.90. The van der Waals surface area contributed by atoms with Gasteiger partial charge in [-0.1, -0.05) is 42.5 Å². The van der Waals surface area contributed by atoms with Crippen LogP contribution in [0.5, 0.6) is 5.75 Å². The lowest BCUT2D eigenvalue weighted by Crippen LogP contribution is -2.24. The van der Waals surface area contributed by atoms with Gasteiger partial charge in [-0.05, 0) is 42.6 Å². The zero-order valence-corrected chi connectivity index (χ0v) is 14.1. The Kier molecular flexibility index (Phi) is 7.30. The van der Waals surface area contributed by atoms with Gasteiger partial charge in [0.15, 0.2) is 0 Å². The molecule has 0 aliphatic rings. The minimum absolute atomic E-state index is 0.238. The lowest BCUT2D eigenvalue weighted by molar-refractivity contribution is -0.137. The summed E-state index contributed by atoms with van der Waals surface area (Å²) < 4.78 is 5.20. The highest BCUT2D eigenvalue weighted by atomic mass is 16.5. The SMILES string of the molecule is COc1ccc(CN(CCCCC(=O)O)Cc2ccccc2)cc1. The molecule has 2 rings (SSSR count). The van der Waals surface area contributed by atoms with Gasteiger partial charge in [0.2, 0.25) is 0 Å². The molecule has 0 unspecified atom stereocenters. The highest BCUT2D eigenvalue weighted by molar-refractivity contribution is 5.66. The topological polar surface area (TPSA) is 49.8 Å². The number of unbranched alkanes of at least 4 members (excludes halogenated alkanes) is 1. The molecule has 4 heteroatoms. The smallest absolute Gasteiger partial charge is 0.303 e. The van der Waals surface area contributed by atoms with Crippen LogP contribution in [0, 0.1) is 0 Å². The van der Waals surface area contributed by atoms with Crippen LogP contribution >= 0.6 is 0 Å². The maximum atomic E-state index is 10.7. The van der Waals surface area contributed by atoms with Gasteiger partial charge in [0.05, 0.1) is 7.11 Å². The van der Waals surface area contributed by atoms with Gasteiger partial charge < -0.3 is 9.84 Å². The summed E-state index contributed by atoms with van der Waals surface area (Å²) >= 11 is 0. The summed E-state index contributed by atoms with van der Waals surface area (Å²) in [6.45, 7) is 2.58. The zero-order chi connectivity index (χ0) is 17.2. The van der Waals surface area contributed by atoms with Crippen molar-refractivity contribution in [2.75, 3.05) is 13.7 Å². The van der Waals surface area contributed by atoms with Gasteiger partial charge in [0.1, 0.15) is 5.75 Å². The Morgan fingerprint density at radius 2 is 1.58 bits per heavy atom.